The Balaban J connectivity index is 1.97. The zero-order valence-corrected chi connectivity index (χ0v) is 10.2. The van der Waals surface area contributed by atoms with Crippen molar-refractivity contribution in [1.82, 2.24) is 5.32 Å². The number of fused-ring (bicyclic) bond motifs is 1. The van der Waals surface area contributed by atoms with Gasteiger partial charge < -0.3 is 16.0 Å². The van der Waals surface area contributed by atoms with Crippen LogP contribution in [0.15, 0.2) is 18.2 Å². The minimum Gasteiger partial charge on any atom is -0.399 e. The van der Waals surface area contributed by atoms with Crippen LogP contribution in [0.2, 0.25) is 0 Å². The highest BCUT2D eigenvalue weighted by Gasteiger charge is 2.19. The second kappa shape index (κ2) is 5.08. The quantitative estimate of drug-likeness (QED) is 0.767. The Kier molecular flexibility index (Phi) is 3.52. The van der Waals surface area contributed by atoms with Crippen molar-refractivity contribution in [2.45, 2.75) is 19.8 Å². The number of hydrogen-bond donors (Lipinski definition) is 2. The predicted octanol–water partition coefficient (Wildman–Crippen LogP) is 1.16. The van der Waals surface area contributed by atoms with Gasteiger partial charge in [-0.05, 0) is 31.0 Å². The van der Waals surface area contributed by atoms with Crippen LogP contribution >= 0.6 is 0 Å². The van der Waals surface area contributed by atoms with Crippen LogP contribution in [-0.4, -0.2) is 25.5 Å². The molecular weight excluding hydrogens is 214 g/mol. The number of nitrogens with one attached hydrogen (secondary N) is 1. The molecule has 0 radical (unpaired) electrons. The van der Waals surface area contributed by atoms with Gasteiger partial charge in [-0.1, -0.05) is 6.07 Å². The summed E-state index contributed by atoms with van der Waals surface area (Å²) in [5.41, 5.74) is 9.09. The molecule has 0 aliphatic carbocycles. The van der Waals surface area contributed by atoms with Crippen LogP contribution in [0.1, 0.15) is 18.9 Å². The van der Waals surface area contributed by atoms with E-state index >= 15 is 0 Å². The fraction of sp³-hybridized carbons (Fsp3) is 0.462. The molecule has 0 atom stereocenters. The van der Waals surface area contributed by atoms with Crippen LogP contribution in [0, 0.1) is 0 Å². The van der Waals surface area contributed by atoms with Crippen molar-refractivity contribution >= 4 is 17.3 Å². The monoisotopic (exact) mass is 233 g/mol. The van der Waals surface area contributed by atoms with Crippen molar-refractivity contribution in [1.29, 1.82) is 0 Å². The van der Waals surface area contributed by atoms with Crippen molar-refractivity contribution in [2.24, 2.45) is 0 Å². The lowest BCUT2D eigenvalue weighted by Crippen LogP contribution is -2.29. The fourth-order valence-electron chi connectivity index (χ4n) is 2.22. The van der Waals surface area contributed by atoms with Gasteiger partial charge in [-0.25, -0.2) is 0 Å². The minimum absolute atomic E-state index is 0.116. The van der Waals surface area contributed by atoms with E-state index in [1.165, 1.54) is 11.3 Å². The first kappa shape index (κ1) is 11.8. The summed E-state index contributed by atoms with van der Waals surface area (Å²) >= 11 is 0. The molecule has 0 aromatic heterocycles. The number of rotatable bonds is 4. The molecule has 1 aliphatic heterocycles. The standard InChI is InChI=1S/C13H19N3O/c1-2-15-13(17)6-8-16-7-5-10-3-4-11(14)9-12(10)16/h3-4,9H,2,5-8,14H2,1H3,(H,15,17). The topological polar surface area (TPSA) is 58.4 Å². The van der Waals surface area contributed by atoms with Gasteiger partial charge in [-0.2, -0.15) is 0 Å². The molecule has 4 nitrogen and oxygen atoms in total. The average Bonchev–Trinajstić information content (AvgIpc) is 2.69. The molecule has 17 heavy (non-hydrogen) atoms. The lowest BCUT2D eigenvalue weighted by atomic mass is 10.1. The zero-order chi connectivity index (χ0) is 12.3. The number of anilines is 2. The number of nitrogens with zero attached hydrogens (tertiary/aromatic N) is 1. The Hall–Kier alpha value is -1.71. The number of hydrogen-bond acceptors (Lipinski definition) is 3. The largest absolute Gasteiger partial charge is 0.399 e. The van der Waals surface area contributed by atoms with Gasteiger partial charge in [0.15, 0.2) is 0 Å². The smallest absolute Gasteiger partial charge is 0.221 e. The first-order valence-corrected chi connectivity index (χ1v) is 6.10. The van der Waals surface area contributed by atoms with Gasteiger partial charge >= 0.3 is 0 Å². The van der Waals surface area contributed by atoms with Crippen molar-refractivity contribution in [2.75, 3.05) is 30.3 Å². The SMILES string of the molecule is CCNC(=O)CCN1CCc2ccc(N)cc21. The molecule has 4 heteroatoms. The van der Waals surface area contributed by atoms with Crippen molar-refractivity contribution in [3.05, 3.63) is 23.8 Å². The zero-order valence-electron chi connectivity index (χ0n) is 10.2. The summed E-state index contributed by atoms with van der Waals surface area (Å²) in [4.78, 5) is 13.7. The van der Waals surface area contributed by atoms with E-state index in [2.05, 4.69) is 16.3 Å². The third kappa shape index (κ3) is 2.70. The lowest BCUT2D eigenvalue weighted by Gasteiger charge is -2.19. The van der Waals surface area contributed by atoms with Crippen LogP contribution in [0.25, 0.3) is 0 Å². The van der Waals surface area contributed by atoms with Crippen molar-refractivity contribution in [3.63, 3.8) is 0 Å². The van der Waals surface area contributed by atoms with Gasteiger partial charge in [0.1, 0.15) is 0 Å². The van der Waals surface area contributed by atoms with Gasteiger partial charge in [0.25, 0.3) is 0 Å². The average molecular weight is 233 g/mol. The summed E-state index contributed by atoms with van der Waals surface area (Å²) in [6, 6.07) is 6.02. The molecule has 0 bridgehead atoms. The molecular formula is C13H19N3O. The van der Waals surface area contributed by atoms with Gasteiger partial charge in [-0.15, -0.1) is 0 Å². The predicted molar refractivity (Wildman–Crippen MR) is 70.1 cm³/mol. The summed E-state index contributed by atoms with van der Waals surface area (Å²) in [5, 5.41) is 2.81. The molecule has 0 saturated heterocycles. The normalized spacial score (nSPS) is 13.6. The van der Waals surface area contributed by atoms with Crippen molar-refractivity contribution in [3.8, 4) is 0 Å². The third-order valence-corrected chi connectivity index (χ3v) is 3.08. The Morgan fingerprint density at radius 2 is 2.35 bits per heavy atom. The first-order chi connectivity index (χ1) is 8.20. The number of nitrogens with two attached hydrogens (primary N) is 1. The van der Waals surface area contributed by atoms with E-state index in [1.807, 2.05) is 19.1 Å². The number of amides is 1. The molecule has 0 unspecified atom stereocenters. The Labute approximate surface area is 102 Å². The van der Waals surface area contributed by atoms with Gasteiger partial charge in [0.2, 0.25) is 5.91 Å². The van der Waals surface area contributed by atoms with Gasteiger partial charge in [0, 0.05) is 37.4 Å². The highest BCUT2D eigenvalue weighted by molar-refractivity contribution is 5.76. The minimum atomic E-state index is 0.116. The Bertz CT molecular complexity index is 417. The molecule has 0 spiro atoms. The van der Waals surface area contributed by atoms with Crippen LogP contribution < -0.4 is 16.0 Å². The van der Waals surface area contributed by atoms with Crippen LogP contribution in [-0.2, 0) is 11.2 Å². The molecule has 0 fully saturated rings. The number of nitrogen functional groups attached to an aromatic ring is 1. The van der Waals surface area contributed by atoms with E-state index in [0.717, 1.165) is 25.2 Å². The molecule has 1 aliphatic rings. The fourth-order valence-corrected chi connectivity index (χ4v) is 2.22. The van der Waals surface area contributed by atoms with Crippen molar-refractivity contribution < 1.29 is 4.79 Å². The lowest BCUT2D eigenvalue weighted by molar-refractivity contribution is -0.120. The van der Waals surface area contributed by atoms with E-state index in [-0.39, 0.29) is 5.91 Å². The summed E-state index contributed by atoms with van der Waals surface area (Å²) in [7, 11) is 0. The Morgan fingerprint density at radius 3 is 3.12 bits per heavy atom. The van der Waals surface area contributed by atoms with E-state index in [0.29, 0.717) is 13.0 Å². The summed E-state index contributed by atoms with van der Waals surface area (Å²) in [6.45, 7) is 4.38. The van der Waals surface area contributed by atoms with E-state index < -0.39 is 0 Å². The highest BCUT2D eigenvalue weighted by atomic mass is 16.1. The van der Waals surface area contributed by atoms with Gasteiger partial charge in [0.05, 0.1) is 0 Å². The molecule has 1 aromatic rings. The Morgan fingerprint density at radius 1 is 1.53 bits per heavy atom. The maximum absolute atomic E-state index is 11.4. The number of benzene rings is 1. The second-order valence-electron chi connectivity index (χ2n) is 4.33. The molecule has 1 heterocycles. The molecule has 3 N–H and O–H groups in total. The molecule has 2 rings (SSSR count). The molecule has 1 amide bonds. The summed E-state index contributed by atoms with van der Waals surface area (Å²) in [5.74, 6) is 0.116. The highest BCUT2D eigenvalue weighted by Crippen LogP contribution is 2.29. The van der Waals surface area contributed by atoms with Gasteiger partial charge in [-0.3, -0.25) is 4.79 Å². The van der Waals surface area contributed by atoms with Crippen LogP contribution in [0.3, 0.4) is 0 Å². The van der Waals surface area contributed by atoms with E-state index in [4.69, 9.17) is 5.73 Å². The third-order valence-electron chi connectivity index (χ3n) is 3.08. The van der Waals surface area contributed by atoms with Crippen LogP contribution in [0.5, 0.6) is 0 Å². The summed E-state index contributed by atoms with van der Waals surface area (Å²) in [6.07, 6.45) is 1.59. The molecule has 0 saturated carbocycles. The summed E-state index contributed by atoms with van der Waals surface area (Å²) < 4.78 is 0. The number of carbonyl (C=O) groups is 1. The maximum atomic E-state index is 11.4. The number of carbonyl (C=O) groups excluding carboxylic acids is 1. The first-order valence-electron chi connectivity index (χ1n) is 6.10. The van der Waals surface area contributed by atoms with E-state index in [9.17, 15) is 4.79 Å². The molecule has 92 valence electrons. The molecule has 1 aromatic carbocycles. The maximum Gasteiger partial charge on any atom is 0.221 e. The van der Waals surface area contributed by atoms with Crippen LogP contribution in [0.4, 0.5) is 11.4 Å². The second-order valence-corrected chi connectivity index (χ2v) is 4.33. The van der Waals surface area contributed by atoms with E-state index in [1.54, 1.807) is 0 Å².